The summed E-state index contributed by atoms with van der Waals surface area (Å²) >= 11 is 6.07. The van der Waals surface area contributed by atoms with Gasteiger partial charge < -0.3 is 20.1 Å². The van der Waals surface area contributed by atoms with Crippen LogP contribution in [0.4, 0.5) is 25.0 Å². The molecule has 0 radical (unpaired) electrons. The number of halogens is 3. The minimum Gasteiger partial charge on any atom is -0.480 e. The SMILES string of the molecule is O=C1Nc2ccc(Cl)c(F)c2[C@@]2(CCN(C(=O)[C@H]3CCCCC(C(=O)O)Nc4ccc(F)cc4-c4ccnc3c4)C2)O1. The fourth-order valence-electron chi connectivity index (χ4n) is 6.17. The molecule has 1 aromatic heterocycles. The van der Waals surface area contributed by atoms with E-state index in [4.69, 9.17) is 16.3 Å². The second-order valence-corrected chi connectivity index (χ2v) is 11.2. The van der Waals surface area contributed by atoms with Crippen LogP contribution in [0.1, 0.15) is 49.3 Å². The number of anilines is 2. The Morgan fingerprint density at radius 3 is 2.69 bits per heavy atom. The second kappa shape index (κ2) is 10.9. The van der Waals surface area contributed by atoms with Gasteiger partial charge in [-0.3, -0.25) is 15.1 Å². The van der Waals surface area contributed by atoms with Crippen LogP contribution < -0.4 is 10.6 Å². The molecule has 3 aromatic rings. The first-order valence-corrected chi connectivity index (χ1v) is 14.1. The molecule has 6 rings (SSSR count). The van der Waals surface area contributed by atoms with Gasteiger partial charge in [-0.1, -0.05) is 24.4 Å². The molecule has 9 nitrogen and oxygen atoms in total. The summed E-state index contributed by atoms with van der Waals surface area (Å²) < 4.78 is 35.3. The topological polar surface area (TPSA) is 121 Å². The highest BCUT2D eigenvalue weighted by atomic mass is 35.5. The third-order valence-corrected chi connectivity index (χ3v) is 8.50. The fraction of sp³-hybridized carbons (Fsp3) is 0.333. The van der Waals surface area contributed by atoms with Crippen LogP contribution in [-0.4, -0.2) is 52.1 Å². The van der Waals surface area contributed by atoms with Crippen LogP contribution in [0.3, 0.4) is 0 Å². The van der Waals surface area contributed by atoms with Gasteiger partial charge in [-0.2, -0.15) is 0 Å². The van der Waals surface area contributed by atoms with Crippen molar-refractivity contribution < 1.29 is 33.0 Å². The monoisotopic (exact) mass is 596 g/mol. The van der Waals surface area contributed by atoms with Crippen molar-refractivity contribution >= 4 is 40.9 Å². The molecule has 3 atom stereocenters. The van der Waals surface area contributed by atoms with Crippen LogP contribution in [0.25, 0.3) is 11.1 Å². The Hall–Kier alpha value is -4.25. The summed E-state index contributed by atoms with van der Waals surface area (Å²) in [6.07, 6.45) is 2.68. The first-order chi connectivity index (χ1) is 20.1. The molecular formula is C30H27ClF2N4O5. The van der Waals surface area contributed by atoms with Crippen molar-refractivity contribution in [3.8, 4) is 11.1 Å². The number of nitrogens with zero attached hydrogens (tertiary/aromatic N) is 2. The number of rotatable bonds is 2. The van der Waals surface area contributed by atoms with E-state index in [1.54, 1.807) is 17.0 Å². The molecule has 0 saturated carbocycles. The number of amides is 2. The van der Waals surface area contributed by atoms with E-state index in [1.807, 2.05) is 0 Å². The van der Waals surface area contributed by atoms with Crippen molar-refractivity contribution in [1.82, 2.24) is 9.88 Å². The number of aliphatic carboxylic acids is 1. The lowest BCUT2D eigenvalue weighted by molar-refractivity contribution is -0.138. The number of carboxylic acids is 1. The predicted octanol–water partition coefficient (Wildman–Crippen LogP) is 5.89. The number of nitrogens with one attached hydrogen (secondary N) is 2. The van der Waals surface area contributed by atoms with Crippen LogP contribution in [0.15, 0.2) is 48.7 Å². The Kier molecular flexibility index (Phi) is 7.22. The minimum absolute atomic E-state index is 0.0707. The molecule has 12 heteroatoms. The lowest BCUT2D eigenvalue weighted by atomic mass is 9.89. The number of carbonyl (C=O) groups is 3. The summed E-state index contributed by atoms with van der Waals surface area (Å²) in [7, 11) is 0. The van der Waals surface area contributed by atoms with Gasteiger partial charge in [-0.05, 0) is 60.9 Å². The zero-order valence-corrected chi connectivity index (χ0v) is 23.1. The molecule has 2 aromatic carbocycles. The second-order valence-electron chi connectivity index (χ2n) is 10.8. The first kappa shape index (κ1) is 27.9. The van der Waals surface area contributed by atoms with Crippen molar-refractivity contribution in [3.05, 3.63) is 76.6 Å². The highest BCUT2D eigenvalue weighted by Gasteiger charge is 2.51. The average Bonchev–Trinajstić information content (AvgIpc) is 3.37. The van der Waals surface area contributed by atoms with Crippen LogP contribution in [-0.2, 0) is 19.9 Å². The molecule has 0 aliphatic carbocycles. The number of likely N-dealkylation sites (tertiary alicyclic amines) is 1. The largest absolute Gasteiger partial charge is 0.480 e. The van der Waals surface area contributed by atoms with Gasteiger partial charge in [-0.25, -0.2) is 18.4 Å². The smallest absolute Gasteiger partial charge is 0.412 e. The maximum Gasteiger partial charge on any atom is 0.412 e. The summed E-state index contributed by atoms with van der Waals surface area (Å²) in [5.74, 6) is -3.23. The molecule has 1 fully saturated rings. The van der Waals surface area contributed by atoms with Crippen LogP contribution >= 0.6 is 11.6 Å². The van der Waals surface area contributed by atoms with E-state index in [2.05, 4.69) is 15.6 Å². The van der Waals surface area contributed by atoms with Crippen molar-refractivity contribution in [3.63, 3.8) is 0 Å². The maximum atomic E-state index is 15.3. The van der Waals surface area contributed by atoms with E-state index in [1.165, 1.54) is 36.5 Å². The molecule has 1 unspecified atom stereocenters. The van der Waals surface area contributed by atoms with E-state index < -0.39 is 41.3 Å². The molecule has 2 amide bonds. The Morgan fingerprint density at radius 2 is 1.88 bits per heavy atom. The van der Waals surface area contributed by atoms with Crippen LogP contribution in [0.5, 0.6) is 0 Å². The number of benzene rings is 2. The van der Waals surface area contributed by atoms with Gasteiger partial charge in [0.2, 0.25) is 5.91 Å². The summed E-state index contributed by atoms with van der Waals surface area (Å²) in [6.45, 7) is 0.130. The van der Waals surface area contributed by atoms with E-state index in [9.17, 15) is 23.9 Å². The van der Waals surface area contributed by atoms with Gasteiger partial charge >= 0.3 is 12.1 Å². The summed E-state index contributed by atoms with van der Waals surface area (Å²) in [5, 5.41) is 15.2. The van der Waals surface area contributed by atoms with Crippen LogP contribution in [0, 0.1) is 11.6 Å². The van der Waals surface area contributed by atoms with E-state index in [-0.39, 0.29) is 41.7 Å². The zero-order valence-electron chi connectivity index (χ0n) is 22.3. The van der Waals surface area contributed by atoms with Crippen LogP contribution in [0.2, 0.25) is 5.02 Å². The first-order valence-electron chi connectivity index (χ1n) is 13.7. The number of carbonyl (C=O) groups excluding carboxylic acids is 2. The molecular weight excluding hydrogens is 570 g/mol. The van der Waals surface area contributed by atoms with Gasteiger partial charge in [0, 0.05) is 30.4 Å². The summed E-state index contributed by atoms with van der Waals surface area (Å²) in [5.41, 5.74) is 0.895. The van der Waals surface area contributed by atoms with Gasteiger partial charge in [0.05, 0.1) is 34.4 Å². The molecule has 218 valence electrons. The number of fused-ring (bicyclic) bond motifs is 6. The molecule has 3 aliphatic heterocycles. The van der Waals surface area contributed by atoms with Gasteiger partial charge in [0.15, 0.2) is 11.4 Å². The lowest BCUT2D eigenvalue weighted by Gasteiger charge is -2.36. The zero-order chi connectivity index (χ0) is 29.6. The molecule has 2 bridgehead atoms. The number of hydrogen-bond donors (Lipinski definition) is 3. The summed E-state index contributed by atoms with van der Waals surface area (Å²) in [6, 6.07) is 9.42. The number of carboxylic acid groups (broad SMARTS) is 1. The van der Waals surface area contributed by atoms with E-state index in [0.29, 0.717) is 48.2 Å². The molecule has 1 spiro atoms. The third kappa shape index (κ3) is 5.02. The quantitative estimate of drug-likeness (QED) is 0.337. The maximum absolute atomic E-state index is 15.3. The molecule has 4 heterocycles. The van der Waals surface area contributed by atoms with Crippen molar-refractivity contribution in [2.24, 2.45) is 0 Å². The standard InChI is InChI=1S/C30H27ClF2N4O5/c31-20-6-8-22-25(26(20)33)30(42-29(41)36-22)10-12-37(15-30)27(38)18-3-1-2-4-23(28(39)40)35-21-7-5-17(32)14-19(21)16-9-11-34-24(18)13-16/h5-9,11,13-14,18,23,35H,1-4,10,12,15H2,(H,36,41)(H,39,40)/t18-,23?,30-/m0/s1. The normalized spacial score (nSPS) is 23.4. The summed E-state index contributed by atoms with van der Waals surface area (Å²) in [4.78, 5) is 44.6. The number of hydrogen-bond acceptors (Lipinski definition) is 6. The lowest BCUT2D eigenvalue weighted by Crippen LogP contribution is -2.44. The van der Waals surface area contributed by atoms with Crippen molar-refractivity contribution in [2.75, 3.05) is 23.7 Å². The average molecular weight is 597 g/mol. The van der Waals surface area contributed by atoms with Crippen molar-refractivity contribution in [2.45, 2.75) is 49.7 Å². The fourth-order valence-corrected chi connectivity index (χ4v) is 6.33. The molecule has 3 N–H and O–H groups in total. The Morgan fingerprint density at radius 1 is 1.10 bits per heavy atom. The highest BCUT2D eigenvalue weighted by Crippen LogP contribution is 2.46. The Labute approximate surface area is 244 Å². The molecule has 42 heavy (non-hydrogen) atoms. The number of ether oxygens (including phenoxy) is 1. The Balaban J connectivity index is 1.35. The van der Waals surface area contributed by atoms with Gasteiger partial charge in [-0.15, -0.1) is 0 Å². The van der Waals surface area contributed by atoms with Gasteiger partial charge in [0.25, 0.3) is 0 Å². The van der Waals surface area contributed by atoms with Gasteiger partial charge in [0.1, 0.15) is 11.9 Å². The molecule has 3 aliphatic rings. The third-order valence-electron chi connectivity index (χ3n) is 8.21. The van der Waals surface area contributed by atoms with E-state index >= 15 is 4.39 Å². The minimum atomic E-state index is -1.40. The number of pyridine rings is 1. The Bertz CT molecular complexity index is 1600. The molecule has 1 saturated heterocycles. The van der Waals surface area contributed by atoms with E-state index in [0.717, 1.165) is 0 Å². The van der Waals surface area contributed by atoms with Crippen molar-refractivity contribution in [1.29, 1.82) is 0 Å². The predicted molar refractivity (Wildman–Crippen MR) is 150 cm³/mol. The highest BCUT2D eigenvalue weighted by molar-refractivity contribution is 6.31. The number of aromatic nitrogens is 1.